The van der Waals surface area contributed by atoms with E-state index in [2.05, 4.69) is 5.32 Å². The summed E-state index contributed by atoms with van der Waals surface area (Å²) in [6.45, 7) is 1.82. The topological polar surface area (TPSA) is 115 Å². The molecular weight excluding hydrogens is 254 g/mol. The number of carbonyl (C=O) groups excluding carboxylic acids is 1. The smallest absolute Gasteiger partial charge is 0.241 e. The molecule has 0 saturated carbocycles. The zero-order valence-electron chi connectivity index (χ0n) is 10.1. The number of sulfonamides is 1. The average Bonchev–Trinajstić information content (AvgIpc) is 2.28. The van der Waals surface area contributed by atoms with E-state index >= 15 is 0 Å². The van der Waals surface area contributed by atoms with Crippen molar-refractivity contribution in [1.82, 2.24) is 0 Å². The molecule has 1 amide bonds. The molecule has 1 aromatic rings. The normalized spacial score (nSPS) is 13.1. The summed E-state index contributed by atoms with van der Waals surface area (Å²) in [5.41, 5.74) is 6.71. The monoisotopic (exact) mass is 271 g/mol. The maximum Gasteiger partial charge on any atom is 0.241 e. The Morgan fingerprint density at radius 2 is 1.89 bits per heavy atom. The second kappa shape index (κ2) is 5.94. The molecule has 0 saturated heterocycles. The molecule has 7 heteroatoms. The fraction of sp³-hybridized carbons (Fsp3) is 0.364. The number of benzene rings is 1. The van der Waals surface area contributed by atoms with Crippen LogP contribution in [0.25, 0.3) is 0 Å². The molecule has 1 atom stereocenters. The van der Waals surface area contributed by atoms with Gasteiger partial charge in [0.2, 0.25) is 15.9 Å². The van der Waals surface area contributed by atoms with Gasteiger partial charge in [-0.15, -0.1) is 0 Å². The highest BCUT2D eigenvalue weighted by Gasteiger charge is 2.11. The molecule has 0 aliphatic heterocycles. The van der Waals surface area contributed by atoms with Crippen molar-refractivity contribution in [3.63, 3.8) is 0 Å². The van der Waals surface area contributed by atoms with Crippen LogP contribution in [0.3, 0.4) is 0 Å². The van der Waals surface area contributed by atoms with Gasteiger partial charge in [-0.1, -0.05) is 19.1 Å². The molecule has 1 aromatic carbocycles. The first-order chi connectivity index (χ1) is 8.31. The molecule has 0 aliphatic carbocycles. The maximum atomic E-state index is 11.5. The maximum absolute atomic E-state index is 11.5. The van der Waals surface area contributed by atoms with Gasteiger partial charge in [-0.05, 0) is 24.1 Å². The van der Waals surface area contributed by atoms with E-state index in [-0.39, 0.29) is 11.7 Å². The Morgan fingerprint density at radius 1 is 1.33 bits per heavy atom. The van der Waals surface area contributed by atoms with Crippen LogP contribution in [0.1, 0.15) is 18.9 Å². The summed E-state index contributed by atoms with van der Waals surface area (Å²) in [7, 11) is -3.54. The lowest BCUT2D eigenvalue weighted by atomic mass is 10.2. The Hall–Kier alpha value is -1.44. The predicted octanol–water partition coefficient (Wildman–Crippen LogP) is 0.151. The molecule has 0 radical (unpaired) electrons. The van der Waals surface area contributed by atoms with Crippen molar-refractivity contribution in [1.29, 1.82) is 0 Å². The predicted molar refractivity (Wildman–Crippen MR) is 70.1 cm³/mol. The number of hydrogen-bond acceptors (Lipinski definition) is 4. The van der Waals surface area contributed by atoms with Crippen molar-refractivity contribution in [2.24, 2.45) is 10.9 Å². The molecule has 0 aliphatic rings. The van der Waals surface area contributed by atoms with E-state index in [4.69, 9.17) is 10.9 Å². The lowest BCUT2D eigenvalue weighted by molar-refractivity contribution is -0.117. The molecule has 0 aromatic heterocycles. The molecule has 0 spiro atoms. The van der Waals surface area contributed by atoms with Gasteiger partial charge in [0.15, 0.2) is 0 Å². The second-order valence-electron chi connectivity index (χ2n) is 4.01. The van der Waals surface area contributed by atoms with Gasteiger partial charge in [-0.3, -0.25) is 4.79 Å². The van der Waals surface area contributed by atoms with Gasteiger partial charge in [0, 0.05) is 5.69 Å². The minimum Gasteiger partial charge on any atom is -0.325 e. The summed E-state index contributed by atoms with van der Waals surface area (Å²) in [4.78, 5) is 11.5. The van der Waals surface area contributed by atoms with E-state index in [0.717, 1.165) is 0 Å². The number of carbonyl (C=O) groups is 1. The Balaban J connectivity index is 2.69. The van der Waals surface area contributed by atoms with Crippen LogP contribution >= 0.6 is 0 Å². The van der Waals surface area contributed by atoms with Crippen molar-refractivity contribution in [2.45, 2.75) is 25.1 Å². The van der Waals surface area contributed by atoms with Crippen LogP contribution in [0.15, 0.2) is 24.3 Å². The first-order valence-electron chi connectivity index (χ1n) is 5.47. The third kappa shape index (κ3) is 4.82. The minimum atomic E-state index is -3.54. The zero-order chi connectivity index (χ0) is 13.8. The fourth-order valence-corrected chi connectivity index (χ4v) is 1.99. The Bertz CT molecular complexity index is 511. The Labute approximate surface area is 106 Å². The number of nitrogens with two attached hydrogens (primary N) is 2. The first kappa shape index (κ1) is 14.6. The minimum absolute atomic E-state index is 0.226. The van der Waals surface area contributed by atoms with Crippen LogP contribution in [0.5, 0.6) is 0 Å². The van der Waals surface area contributed by atoms with Crippen molar-refractivity contribution in [3.8, 4) is 0 Å². The molecule has 18 heavy (non-hydrogen) atoms. The standard InChI is InChI=1S/C11H17N3O3S/c1-2-10(12)11(15)14-9-5-3-8(4-6-9)7-18(13,16)17/h3-6,10H,2,7,12H2,1H3,(H,14,15)(H2,13,16,17)/t10-/m1/s1. The highest BCUT2D eigenvalue weighted by molar-refractivity contribution is 7.88. The number of primary sulfonamides is 1. The van der Waals surface area contributed by atoms with E-state index in [1.165, 1.54) is 0 Å². The molecular formula is C11H17N3O3S. The van der Waals surface area contributed by atoms with Gasteiger partial charge in [-0.2, -0.15) is 0 Å². The van der Waals surface area contributed by atoms with Crippen LogP contribution in [0.4, 0.5) is 5.69 Å². The first-order valence-corrected chi connectivity index (χ1v) is 7.19. The van der Waals surface area contributed by atoms with Gasteiger partial charge in [0.05, 0.1) is 11.8 Å². The van der Waals surface area contributed by atoms with Crippen LogP contribution in [-0.4, -0.2) is 20.4 Å². The van der Waals surface area contributed by atoms with E-state index in [0.29, 0.717) is 17.7 Å². The third-order valence-electron chi connectivity index (χ3n) is 2.37. The van der Waals surface area contributed by atoms with Crippen LogP contribution in [0, 0.1) is 0 Å². The summed E-state index contributed by atoms with van der Waals surface area (Å²) in [6, 6.07) is 5.87. The highest BCUT2D eigenvalue weighted by Crippen LogP contribution is 2.11. The number of hydrogen-bond donors (Lipinski definition) is 3. The summed E-state index contributed by atoms with van der Waals surface area (Å²) < 4.78 is 21.8. The zero-order valence-corrected chi connectivity index (χ0v) is 10.9. The summed E-state index contributed by atoms with van der Waals surface area (Å²) in [6.07, 6.45) is 0.551. The van der Waals surface area contributed by atoms with Gasteiger partial charge < -0.3 is 11.1 Å². The Morgan fingerprint density at radius 3 is 2.33 bits per heavy atom. The van der Waals surface area contributed by atoms with Crippen molar-refractivity contribution >= 4 is 21.6 Å². The third-order valence-corrected chi connectivity index (χ3v) is 3.10. The largest absolute Gasteiger partial charge is 0.325 e. The van der Waals surface area contributed by atoms with Gasteiger partial charge in [0.1, 0.15) is 0 Å². The SMILES string of the molecule is CC[C@@H](N)C(=O)Nc1ccc(CS(N)(=O)=O)cc1. The molecule has 0 bridgehead atoms. The average molecular weight is 271 g/mol. The summed E-state index contributed by atoms with van der Waals surface area (Å²) in [5.74, 6) is -0.493. The lowest BCUT2D eigenvalue weighted by Crippen LogP contribution is -2.34. The molecule has 0 unspecified atom stereocenters. The van der Waals surface area contributed by atoms with Crippen LogP contribution in [0.2, 0.25) is 0 Å². The number of rotatable bonds is 5. The van der Waals surface area contributed by atoms with E-state index in [9.17, 15) is 13.2 Å². The van der Waals surface area contributed by atoms with Gasteiger partial charge in [-0.25, -0.2) is 13.6 Å². The van der Waals surface area contributed by atoms with Crippen LogP contribution in [-0.2, 0) is 20.6 Å². The number of anilines is 1. The van der Waals surface area contributed by atoms with Crippen LogP contribution < -0.4 is 16.2 Å². The molecule has 5 N–H and O–H groups in total. The Kier molecular flexibility index (Phi) is 4.83. The number of nitrogens with one attached hydrogen (secondary N) is 1. The summed E-state index contributed by atoms with van der Waals surface area (Å²) in [5, 5.41) is 7.57. The van der Waals surface area contributed by atoms with E-state index < -0.39 is 16.1 Å². The quantitative estimate of drug-likeness (QED) is 0.707. The molecule has 6 nitrogen and oxygen atoms in total. The summed E-state index contributed by atoms with van der Waals surface area (Å²) >= 11 is 0. The molecule has 0 fully saturated rings. The van der Waals surface area contributed by atoms with Gasteiger partial charge in [0.25, 0.3) is 0 Å². The van der Waals surface area contributed by atoms with E-state index in [1.54, 1.807) is 24.3 Å². The highest BCUT2D eigenvalue weighted by atomic mass is 32.2. The second-order valence-corrected chi connectivity index (χ2v) is 5.62. The molecule has 1 rings (SSSR count). The molecule has 100 valence electrons. The number of amides is 1. The fourth-order valence-electron chi connectivity index (χ4n) is 1.34. The van der Waals surface area contributed by atoms with Crippen molar-refractivity contribution < 1.29 is 13.2 Å². The van der Waals surface area contributed by atoms with Crippen molar-refractivity contribution in [3.05, 3.63) is 29.8 Å². The lowest BCUT2D eigenvalue weighted by Gasteiger charge is -2.10. The molecule has 0 heterocycles. The van der Waals surface area contributed by atoms with E-state index in [1.807, 2.05) is 6.92 Å². The van der Waals surface area contributed by atoms with Gasteiger partial charge >= 0.3 is 0 Å². The van der Waals surface area contributed by atoms with Crippen molar-refractivity contribution in [2.75, 3.05) is 5.32 Å².